The van der Waals surface area contributed by atoms with Crippen molar-refractivity contribution in [2.45, 2.75) is 44.8 Å². The molecule has 69 valence electrons. The molecule has 0 fully saturated rings. The van der Waals surface area contributed by atoms with E-state index < -0.39 is 11.7 Å². The molecule has 0 aromatic heterocycles. The Labute approximate surface area is 74.6 Å². The van der Waals surface area contributed by atoms with Crippen LogP contribution in [0.3, 0.4) is 0 Å². The fourth-order valence-electron chi connectivity index (χ4n) is 1.08. The molecule has 0 aromatic carbocycles. The maximum absolute atomic E-state index is 9.79. The molecular formula is C10H17O2. The van der Waals surface area contributed by atoms with Gasteiger partial charge >= 0.3 is 0 Å². The summed E-state index contributed by atoms with van der Waals surface area (Å²) in [6.07, 6.45) is 0.621. The lowest BCUT2D eigenvalue weighted by Crippen LogP contribution is -2.40. The second-order valence-electron chi connectivity index (χ2n) is 2.88. The Morgan fingerprint density at radius 2 is 1.92 bits per heavy atom. The van der Waals surface area contributed by atoms with Crippen molar-refractivity contribution in [3.8, 4) is 11.8 Å². The van der Waals surface area contributed by atoms with E-state index in [1.807, 2.05) is 13.8 Å². The number of aliphatic hydroxyl groups excluding tert-OH is 1. The summed E-state index contributed by atoms with van der Waals surface area (Å²) in [7, 11) is 0. The summed E-state index contributed by atoms with van der Waals surface area (Å²) in [6, 6.07) is 0. The van der Waals surface area contributed by atoms with Gasteiger partial charge in [0.1, 0.15) is 0 Å². The molecule has 0 aliphatic carbocycles. The minimum atomic E-state index is -0.982. The zero-order valence-corrected chi connectivity index (χ0v) is 7.80. The second-order valence-corrected chi connectivity index (χ2v) is 2.88. The van der Waals surface area contributed by atoms with Crippen LogP contribution < -0.4 is 0 Å². The molecule has 0 rings (SSSR count). The molecule has 0 aliphatic heterocycles. The Kier molecular flexibility index (Phi) is 4.96. The van der Waals surface area contributed by atoms with Gasteiger partial charge in [0.25, 0.3) is 0 Å². The molecule has 0 heterocycles. The van der Waals surface area contributed by atoms with Crippen LogP contribution in [0.15, 0.2) is 0 Å². The van der Waals surface area contributed by atoms with Gasteiger partial charge in [-0.1, -0.05) is 13.8 Å². The topological polar surface area (TPSA) is 40.5 Å². The van der Waals surface area contributed by atoms with Gasteiger partial charge < -0.3 is 10.2 Å². The minimum Gasteiger partial charge on any atom is -0.389 e. The van der Waals surface area contributed by atoms with Crippen molar-refractivity contribution >= 4 is 0 Å². The molecule has 1 atom stereocenters. The molecule has 0 aliphatic rings. The first-order chi connectivity index (χ1) is 5.60. The van der Waals surface area contributed by atoms with E-state index in [9.17, 15) is 10.2 Å². The number of hydrogen-bond donors (Lipinski definition) is 2. The largest absolute Gasteiger partial charge is 0.389 e. The van der Waals surface area contributed by atoms with Crippen molar-refractivity contribution in [2.75, 3.05) is 0 Å². The van der Waals surface area contributed by atoms with Gasteiger partial charge in [-0.25, -0.2) is 0 Å². The van der Waals surface area contributed by atoms with Crippen LogP contribution in [0.25, 0.3) is 0 Å². The first-order valence-corrected chi connectivity index (χ1v) is 4.26. The third-order valence-corrected chi connectivity index (χ3v) is 2.27. The lowest BCUT2D eigenvalue weighted by molar-refractivity contribution is -0.0769. The lowest BCUT2D eigenvalue weighted by atomic mass is 9.89. The Hall–Kier alpha value is -0.520. The van der Waals surface area contributed by atoms with Crippen molar-refractivity contribution in [1.82, 2.24) is 0 Å². The molecule has 1 radical (unpaired) electrons. The number of aliphatic hydroxyl groups is 2. The number of rotatable bonds is 4. The number of hydrogen-bond acceptors (Lipinski definition) is 2. The summed E-state index contributed by atoms with van der Waals surface area (Å²) in [4.78, 5) is 0. The van der Waals surface area contributed by atoms with E-state index >= 15 is 0 Å². The van der Waals surface area contributed by atoms with Gasteiger partial charge in [-0.3, -0.25) is 0 Å². The molecule has 0 amide bonds. The van der Waals surface area contributed by atoms with Gasteiger partial charge in [-0.15, -0.1) is 11.8 Å². The van der Waals surface area contributed by atoms with E-state index in [0.717, 1.165) is 0 Å². The summed E-state index contributed by atoms with van der Waals surface area (Å²) in [5.74, 6) is 5.10. The average molecular weight is 169 g/mol. The van der Waals surface area contributed by atoms with Crippen LogP contribution in [0.5, 0.6) is 0 Å². The van der Waals surface area contributed by atoms with Crippen molar-refractivity contribution in [2.24, 2.45) is 0 Å². The first kappa shape index (κ1) is 11.5. The predicted molar refractivity (Wildman–Crippen MR) is 49.3 cm³/mol. The highest BCUT2D eigenvalue weighted by Crippen LogP contribution is 2.21. The van der Waals surface area contributed by atoms with Crippen LogP contribution >= 0.6 is 0 Å². The molecule has 12 heavy (non-hydrogen) atoms. The fourth-order valence-corrected chi connectivity index (χ4v) is 1.08. The van der Waals surface area contributed by atoms with Gasteiger partial charge in [-0.05, 0) is 12.8 Å². The Morgan fingerprint density at radius 1 is 1.42 bits per heavy atom. The quantitative estimate of drug-likeness (QED) is 0.619. The van der Waals surface area contributed by atoms with Crippen LogP contribution in [0, 0.1) is 18.8 Å². The van der Waals surface area contributed by atoms with E-state index in [1.54, 1.807) is 0 Å². The fraction of sp³-hybridized carbons (Fsp3) is 0.700. The van der Waals surface area contributed by atoms with Crippen molar-refractivity contribution in [3.05, 3.63) is 6.92 Å². The molecule has 0 aromatic rings. The summed E-state index contributed by atoms with van der Waals surface area (Å²) >= 11 is 0. The Morgan fingerprint density at radius 3 is 2.25 bits per heavy atom. The smallest absolute Gasteiger partial charge is 0.0935 e. The molecular weight excluding hydrogens is 152 g/mol. The van der Waals surface area contributed by atoms with E-state index in [-0.39, 0.29) is 0 Å². The summed E-state index contributed by atoms with van der Waals surface area (Å²) in [6.45, 7) is 7.04. The van der Waals surface area contributed by atoms with E-state index in [2.05, 4.69) is 18.8 Å². The molecule has 2 N–H and O–H groups in total. The van der Waals surface area contributed by atoms with Crippen LogP contribution in [0.4, 0.5) is 0 Å². The first-order valence-electron chi connectivity index (χ1n) is 4.26. The Bertz CT molecular complexity index is 172. The molecule has 2 nitrogen and oxygen atoms in total. The minimum absolute atomic E-state index is 0.293. The summed E-state index contributed by atoms with van der Waals surface area (Å²) < 4.78 is 0. The molecule has 0 saturated carbocycles. The summed E-state index contributed by atoms with van der Waals surface area (Å²) in [5.41, 5.74) is -0.982. The monoisotopic (exact) mass is 169 g/mol. The normalized spacial score (nSPS) is 13.4. The van der Waals surface area contributed by atoms with Crippen molar-refractivity contribution in [3.63, 3.8) is 0 Å². The molecule has 0 bridgehead atoms. The third-order valence-electron chi connectivity index (χ3n) is 2.27. The van der Waals surface area contributed by atoms with E-state index in [1.165, 1.54) is 0 Å². The predicted octanol–water partition coefficient (Wildman–Crippen LogP) is 1.13. The Balaban J connectivity index is 4.17. The molecule has 1 unspecified atom stereocenters. The third kappa shape index (κ3) is 2.84. The van der Waals surface area contributed by atoms with Gasteiger partial charge in [0.05, 0.1) is 11.7 Å². The van der Waals surface area contributed by atoms with Crippen LogP contribution in [-0.4, -0.2) is 21.9 Å². The lowest BCUT2D eigenvalue weighted by Gasteiger charge is -2.29. The molecule has 2 heteroatoms. The average Bonchev–Trinajstić information content (AvgIpc) is 2.12. The SMILES string of the molecule is [CH2]C#CCC(O)C(O)(CC)CC. The van der Waals surface area contributed by atoms with E-state index in [4.69, 9.17) is 0 Å². The maximum atomic E-state index is 9.79. The van der Waals surface area contributed by atoms with Gasteiger partial charge in [0.2, 0.25) is 0 Å². The molecule has 0 saturated heterocycles. The standard InChI is InChI=1S/C10H17O2/c1-4-7-8-9(11)10(12,5-2)6-3/h9,11-12H,1,5-6,8H2,2-3H3. The van der Waals surface area contributed by atoms with Gasteiger partial charge in [-0.2, -0.15) is 0 Å². The highest BCUT2D eigenvalue weighted by molar-refractivity contribution is 5.04. The van der Waals surface area contributed by atoms with Crippen molar-refractivity contribution < 1.29 is 10.2 Å². The highest BCUT2D eigenvalue weighted by atomic mass is 16.3. The van der Waals surface area contributed by atoms with Gasteiger partial charge in [0.15, 0.2) is 0 Å². The highest BCUT2D eigenvalue weighted by Gasteiger charge is 2.30. The maximum Gasteiger partial charge on any atom is 0.0935 e. The zero-order chi connectivity index (χ0) is 9.61. The molecule has 0 spiro atoms. The van der Waals surface area contributed by atoms with Crippen LogP contribution in [0.1, 0.15) is 33.1 Å². The van der Waals surface area contributed by atoms with Crippen molar-refractivity contribution in [1.29, 1.82) is 0 Å². The van der Waals surface area contributed by atoms with Gasteiger partial charge in [0, 0.05) is 13.3 Å². The van der Waals surface area contributed by atoms with Crippen LogP contribution in [-0.2, 0) is 0 Å². The zero-order valence-electron chi connectivity index (χ0n) is 7.80. The summed E-state index contributed by atoms with van der Waals surface area (Å²) in [5, 5.41) is 19.3. The second kappa shape index (κ2) is 5.18. The van der Waals surface area contributed by atoms with E-state index in [0.29, 0.717) is 19.3 Å². The van der Waals surface area contributed by atoms with Crippen LogP contribution in [0.2, 0.25) is 0 Å².